The fraction of sp³-hybridized carbons (Fsp3) is 0.667. The van der Waals surface area contributed by atoms with Crippen LogP contribution >= 0.6 is 15.9 Å². The quantitative estimate of drug-likeness (QED) is 0.819. The summed E-state index contributed by atoms with van der Waals surface area (Å²) in [5.41, 5.74) is 0. The number of hydrogen-bond donors (Lipinski definition) is 1. The zero-order valence-corrected chi connectivity index (χ0v) is 10.3. The van der Waals surface area contributed by atoms with Crippen LogP contribution in [0.1, 0.15) is 19.7 Å². The lowest BCUT2D eigenvalue weighted by molar-refractivity contribution is -0.121. The Morgan fingerprint density at radius 3 is 2.93 bits per heavy atom. The van der Waals surface area contributed by atoms with E-state index in [0.29, 0.717) is 18.8 Å². The summed E-state index contributed by atoms with van der Waals surface area (Å²) < 4.78 is 4.57. The molecule has 0 radical (unpaired) electrons. The van der Waals surface area contributed by atoms with E-state index in [4.69, 9.17) is 0 Å². The van der Waals surface area contributed by atoms with Crippen molar-refractivity contribution in [2.75, 3.05) is 6.54 Å². The van der Waals surface area contributed by atoms with Crippen molar-refractivity contribution in [3.63, 3.8) is 0 Å². The predicted octanol–water partition coefficient (Wildman–Crippen LogP) is 1.15. The van der Waals surface area contributed by atoms with Gasteiger partial charge in [-0.2, -0.15) is 4.98 Å². The SMILES string of the molecule is CC(C)C(Br)C(=O)NCCc1ncon1. The Bertz CT molecular complexity index is 300. The second-order valence-electron chi connectivity index (χ2n) is 3.53. The summed E-state index contributed by atoms with van der Waals surface area (Å²) in [5, 5.41) is 6.44. The number of halogens is 1. The molecule has 5 nitrogen and oxygen atoms in total. The van der Waals surface area contributed by atoms with Gasteiger partial charge in [-0.3, -0.25) is 4.79 Å². The van der Waals surface area contributed by atoms with Gasteiger partial charge in [-0.05, 0) is 5.92 Å². The van der Waals surface area contributed by atoms with Crippen LogP contribution in [0.15, 0.2) is 10.9 Å². The molecule has 6 heteroatoms. The van der Waals surface area contributed by atoms with Crippen LogP contribution in [-0.4, -0.2) is 27.4 Å². The van der Waals surface area contributed by atoms with Gasteiger partial charge in [-0.1, -0.05) is 34.9 Å². The van der Waals surface area contributed by atoms with E-state index in [9.17, 15) is 4.79 Å². The Balaban J connectivity index is 2.23. The van der Waals surface area contributed by atoms with Crippen LogP contribution in [0.25, 0.3) is 0 Å². The molecule has 0 spiro atoms. The van der Waals surface area contributed by atoms with Gasteiger partial charge in [0.05, 0.1) is 4.83 Å². The van der Waals surface area contributed by atoms with Crippen molar-refractivity contribution in [3.8, 4) is 0 Å². The number of rotatable bonds is 5. The summed E-state index contributed by atoms with van der Waals surface area (Å²) >= 11 is 3.32. The third-order valence-electron chi connectivity index (χ3n) is 1.89. The van der Waals surface area contributed by atoms with E-state index in [-0.39, 0.29) is 16.7 Å². The molecule has 1 aromatic rings. The Kier molecular flexibility index (Phi) is 4.74. The summed E-state index contributed by atoms with van der Waals surface area (Å²) in [4.78, 5) is 15.2. The minimum Gasteiger partial charge on any atom is -0.355 e. The Morgan fingerprint density at radius 1 is 1.67 bits per heavy atom. The van der Waals surface area contributed by atoms with Crippen LogP contribution in [-0.2, 0) is 11.2 Å². The van der Waals surface area contributed by atoms with Crippen LogP contribution in [0.3, 0.4) is 0 Å². The van der Waals surface area contributed by atoms with E-state index in [0.717, 1.165) is 0 Å². The predicted molar refractivity (Wildman–Crippen MR) is 58.6 cm³/mol. The molecule has 0 fully saturated rings. The van der Waals surface area contributed by atoms with Crippen molar-refractivity contribution >= 4 is 21.8 Å². The maximum absolute atomic E-state index is 11.5. The lowest BCUT2D eigenvalue weighted by atomic mass is 10.1. The van der Waals surface area contributed by atoms with Gasteiger partial charge in [0.2, 0.25) is 12.3 Å². The van der Waals surface area contributed by atoms with Gasteiger partial charge in [0.25, 0.3) is 0 Å². The molecule has 1 amide bonds. The van der Waals surface area contributed by atoms with Crippen molar-refractivity contribution in [2.24, 2.45) is 5.92 Å². The number of amides is 1. The molecule has 0 aliphatic heterocycles. The molecule has 0 saturated heterocycles. The van der Waals surface area contributed by atoms with Gasteiger partial charge in [-0.25, -0.2) is 0 Å². The average Bonchev–Trinajstić information content (AvgIpc) is 2.69. The fourth-order valence-corrected chi connectivity index (χ4v) is 1.16. The monoisotopic (exact) mass is 275 g/mol. The molecule has 0 saturated carbocycles. The summed E-state index contributed by atoms with van der Waals surface area (Å²) in [5.74, 6) is 0.870. The molecule has 1 unspecified atom stereocenters. The maximum Gasteiger partial charge on any atom is 0.234 e. The number of alkyl halides is 1. The molecule has 0 aliphatic rings. The second-order valence-corrected chi connectivity index (χ2v) is 4.52. The Morgan fingerprint density at radius 2 is 2.40 bits per heavy atom. The first-order chi connectivity index (χ1) is 7.11. The highest BCUT2D eigenvalue weighted by atomic mass is 79.9. The third kappa shape index (κ3) is 3.99. The molecule has 1 aromatic heterocycles. The van der Waals surface area contributed by atoms with Gasteiger partial charge in [0.1, 0.15) is 0 Å². The van der Waals surface area contributed by atoms with Crippen LogP contribution in [0.2, 0.25) is 0 Å². The van der Waals surface area contributed by atoms with Gasteiger partial charge in [0.15, 0.2) is 5.82 Å². The zero-order chi connectivity index (χ0) is 11.3. The lowest BCUT2D eigenvalue weighted by Crippen LogP contribution is -2.35. The molecule has 1 N–H and O–H groups in total. The lowest BCUT2D eigenvalue weighted by Gasteiger charge is -2.12. The van der Waals surface area contributed by atoms with Crippen molar-refractivity contribution in [2.45, 2.75) is 25.1 Å². The number of nitrogens with one attached hydrogen (secondary N) is 1. The van der Waals surface area contributed by atoms with E-state index < -0.39 is 0 Å². The van der Waals surface area contributed by atoms with Gasteiger partial charge < -0.3 is 9.84 Å². The first kappa shape index (κ1) is 12.2. The molecule has 1 rings (SSSR count). The molecule has 1 atom stereocenters. The van der Waals surface area contributed by atoms with Gasteiger partial charge in [-0.15, -0.1) is 0 Å². The summed E-state index contributed by atoms with van der Waals surface area (Å²) in [6.07, 6.45) is 1.86. The smallest absolute Gasteiger partial charge is 0.234 e. The average molecular weight is 276 g/mol. The summed E-state index contributed by atoms with van der Waals surface area (Å²) in [6.45, 7) is 4.49. The minimum absolute atomic E-state index is 0.00602. The number of hydrogen-bond acceptors (Lipinski definition) is 4. The van der Waals surface area contributed by atoms with Crippen LogP contribution in [0.4, 0.5) is 0 Å². The fourth-order valence-electron chi connectivity index (χ4n) is 1.00. The number of carbonyl (C=O) groups excluding carboxylic acids is 1. The number of aromatic nitrogens is 2. The summed E-state index contributed by atoms with van der Waals surface area (Å²) in [7, 11) is 0. The van der Waals surface area contributed by atoms with E-state index in [1.807, 2.05) is 13.8 Å². The van der Waals surface area contributed by atoms with E-state index in [1.165, 1.54) is 6.39 Å². The van der Waals surface area contributed by atoms with E-state index >= 15 is 0 Å². The summed E-state index contributed by atoms with van der Waals surface area (Å²) in [6, 6.07) is 0. The first-order valence-corrected chi connectivity index (χ1v) is 5.70. The first-order valence-electron chi connectivity index (χ1n) is 4.78. The standard InChI is InChI=1S/C9H14BrN3O2/c1-6(2)8(10)9(14)11-4-3-7-12-5-15-13-7/h5-6,8H,3-4H2,1-2H3,(H,11,14). The van der Waals surface area contributed by atoms with Crippen LogP contribution < -0.4 is 5.32 Å². The van der Waals surface area contributed by atoms with E-state index in [1.54, 1.807) is 0 Å². The minimum atomic E-state index is -0.150. The second kappa shape index (κ2) is 5.85. The largest absolute Gasteiger partial charge is 0.355 e. The molecule has 84 valence electrons. The Hall–Kier alpha value is -0.910. The molecule has 15 heavy (non-hydrogen) atoms. The van der Waals surface area contributed by atoms with Crippen LogP contribution in [0, 0.1) is 5.92 Å². The van der Waals surface area contributed by atoms with Crippen molar-refractivity contribution in [1.29, 1.82) is 0 Å². The Labute approximate surface area is 96.7 Å². The normalized spacial score (nSPS) is 12.8. The molecule has 0 bridgehead atoms. The van der Waals surface area contributed by atoms with Crippen molar-refractivity contribution in [1.82, 2.24) is 15.5 Å². The molecule has 1 heterocycles. The molecular weight excluding hydrogens is 262 g/mol. The maximum atomic E-state index is 11.5. The van der Waals surface area contributed by atoms with Crippen LogP contribution in [0.5, 0.6) is 0 Å². The third-order valence-corrected chi connectivity index (χ3v) is 3.36. The number of carbonyl (C=O) groups is 1. The number of nitrogens with zero attached hydrogens (tertiary/aromatic N) is 2. The molecule has 0 aliphatic carbocycles. The highest BCUT2D eigenvalue weighted by molar-refractivity contribution is 9.10. The van der Waals surface area contributed by atoms with Crippen molar-refractivity contribution < 1.29 is 9.32 Å². The zero-order valence-electron chi connectivity index (χ0n) is 8.74. The molecule has 0 aromatic carbocycles. The van der Waals surface area contributed by atoms with Gasteiger partial charge >= 0.3 is 0 Å². The van der Waals surface area contributed by atoms with Crippen molar-refractivity contribution in [3.05, 3.63) is 12.2 Å². The highest BCUT2D eigenvalue weighted by Gasteiger charge is 2.17. The van der Waals surface area contributed by atoms with Gasteiger partial charge in [0, 0.05) is 13.0 Å². The van der Waals surface area contributed by atoms with E-state index in [2.05, 4.69) is 35.9 Å². The molecular formula is C9H14BrN3O2. The topological polar surface area (TPSA) is 68.0 Å². The highest BCUT2D eigenvalue weighted by Crippen LogP contribution is 2.11.